The topological polar surface area (TPSA) is 88.1 Å². The van der Waals surface area contributed by atoms with E-state index in [4.69, 9.17) is 15.7 Å². The van der Waals surface area contributed by atoms with Gasteiger partial charge in [-0.05, 0) is 46.5 Å². The summed E-state index contributed by atoms with van der Waals surface area (Å²) < 4.78 is 5.17. The van der Waals surface area contributed by atoms with Gasteiger partial charge in [0, 0.05) is 6.04 Å². The van der Waals surface area contributed by atoms with Crippen molar-refractivity contribution in [3.63, 3.8) is 0 Å². The quantitative estimate of drug-likeness (QED) is 0.728. The lowest BCUT2D eigenvalue weighted by Crippen LogP contribution is -2.48. The van der Waals surface area contributed by atoms with Crippen molar-refractivity contribution in [3.8, 4) is 6.07 Å². The molecule has 17 heavy (non-hydrogen) atoms. The van der Waals surface area contributed by atoms with Crippen molar-refractivity contribution in [1.82, 2.24) is 5.32 Å². The molecule has 96 valence electrons. The van der Waals surface area contributed by atoms with Crippen molar-refractivity contribution in [1.29, 1.82) is 5.26 Å². The summed E-state index contributed by atoms with van der Waals surface area (Å²) in [4.78, 5) is 11.5. The Morgan fingerprint density at radius 3 is 2.41 bits per heavy atom. The SMILES string of the molecule is CC(C)(C)OC(=O)NC1CCC(N)(C#N)CC1. The number of carbonyl (C=O) groups is 1. The van der Waals surface area contributed by atoms with Crippen LogP contribution in [-0.4, -0.2) is 23.3 Å². The number of alkyl carbamates (subject to hydrolysis) is 1. The molecule has 1 saturated carbocycles. The van der Waals surface area contributed by atoms with Crippen molar-refractivity contribution in [2.45, 2.75) is 63.6 Å². The maximum absolute atomic E-state index is 11.5. The zero-order valence-corrected chi connectivity index (χ0v) is 10.7. The second-order valence-corrected chi connectivity index (χ2v) is 5.69. The maximum Gasteiger partial charge on any atom is 0.407 e. The van der Waals surface area contributed by atoms with E-state index in [1.807, 2.05) is 20.8 Å². The van der Waals surface area contributed by atoms with Crippen molar-refractivity contribution in [2.24, 2.45) is 5.73 Å². The number of nitrogens with two attached hydrogens (primary N) is 1. The molecule has 0 unspecified atom stereocenters. The highest BCUT2D eigenvalue weighted by molar-refractivity contribution is 5.68. The predicted octanol–water partition coefficient (Wildman–Crippen LogP) is 1.67. The van der Waals surface area contributed by atoms with Gasteiger partial charge in [-0.15, -0.1) is 0 Å². The molecule has 1 amide bonds. The number of nitriles is 1. The summed E-state index contributed by atoms with van der Waals surface area (Å²) in [6.07, 6.45) is 2.28. The molecule has 0 radical (unpaired) electrons. The molecule has 5 nitrogen and oxygen atoms in total. The molecule has 3 N–H and O–H groups in total. The highest BCUT2D eigenvalue weighted by Gasteiger charge is 2.32. The van der Waals surface area contributed by atoms with Gasteiger partial charge in [-0.1, -0.05) is 0 Å². The molecule has 0 aromatic heterocycles. The second-order valence-electron chi connectivity index (χ2n) is 5.69. The van der Waals surface area contributed by atoms with E-state index in [1.54, 1.807) is 0 Å². The smallest absolute Gasteiger partial charge is 0.407 e. The van der Waals surface area contributed by atoms with Crippen molar-refractivity contribution < 1.29 is 9.53 Å². The Labute approximate surface area is 102 Å². The molecule has 0 aliphatic heterocycles. The average Bonchev–Trinajstić information content (AvgIpc) is 2.19. The summed E-state index contributed by atoms with van der Waals surface area (Å²) in [6, 6.07) is 2.19. The van der Waals surface area contributed by atoms with Crippen LogP contribution in [0.25, 0.3) is 0 Å². The van der Waals surface area contributed by atoms with Crippen LogP contribution in [0, 0.1) is 11.3 Å². The first-order valence-electron chi connectivity index (χ1n) is 5.94. The first-order valence-corrected chi connectivity index (χ1v) is 5.94. The third-order valence-electron chi connectivity index (χ3n) is 2.82. The summed E-state index contributed by atoms with van der Waals surface area (Å²) in [5, 5.41) is 11.7. The van der Waals surface area contributed by atoms with Crippen LogP contribution in [0.2, 0.25) is 0 Å². The average molecular weight is 239 g/mol. The first kappa shape index (κ1) is 13.8. The largest absolute Gasteiger partial charge is 0.444 e. The lowest BCUT2D eigenvalue weighted by atomic mass is 9.81. The highest BCUT2D eigenvalue weighted by atomic mass is 16.6. The number of hydrogen-bond donors (Lipinski definition) is 2. The molecular weight excluding hydrogens is 218 g/mol. The number of nitrogens with zero attached hydrogens (tertiary/aromatic N) is 1. The van der Waals surface area contributed by atoms with Crippen molar-refractivity contribution >= 4 is 6.09 Å². The molecule has 0 atom stereocenters. The Bertz CT molecular complexity index is 320. The molecule has 1 aliphatic carbocycles. The van der Waals surface area contributed by atoms with Gasteiger partial charge in [0.2, 0.25) is 0 Å². The number of nitrogens with one attached hydrogen (secondary N) is 1. The van der Waals surface area contributed by atoms with Crippen LogP contribution in [0.3, 0.4) is 0 Å². The summed E-state index contributed by atoms with van der Waals surface area (Å²) in [5.74, 6) is 0. The minimum Gasteiger partial charge on any atom is -0.444 e. The van der Waals surface area contributed by atoms with E-state index >= 15 is 0 Å². The van der Waals surface area contributed by atoms with Crippen LogP contribution in [0.4, 0.5) is 4.79 Å². The number of rotatable bonds is 1. The Hall–Kier alpha value is -1.28. The second kappa shape index (κ2) is 4.92. The molecule has 1 fully saturated rings. The van der Waals surface area contributed by atoms with E-state index in [0.717, 1.165) is 12.8 Å². The summed E-state index contributed by atoms with van der Waals surface area (Å²) in [7, 11) is 0. The first-order chi connectivity index (χ1) is 7.74. The van der Waals surface area contributed by atoms with E-state index in [-0.39, 0.29) is 6.04 Å². The zero-order chi connectivity index (χ0) is 13.1. The zero-order valence-electron chi connectivity index (χ0n) is 10.7. The van der Waals surface area contributed by atoms with Gasteiger partial charge in [0.25, 0.3) is 0 Å². The molecular formula is C12H21N3O2. The fourth-order valence-electron chi connectivity index (χ4n) is 1.86. The van der Waals surface area contributed by atoms with E-state index in [0.29, 0.717) is 12.8 Å². The Morgan fingerprint density at radius 2 is 2.00 bits per heavy atom. The fraction of sp³-hybridized carbons (Fsp3) is 0.833. The van der Waals surface area contributed by atoms with Gasteiger partial charge in [-0.2, -0.15) is 5.26 Å². The third-order valence-corrected chi connectivity index (χ3v) is 2.82. The molecule has 0 spiro atoms. The maximum atomic E-state index is 11.5. The molecule has 0 aromatic rings. The fourth-order valence-corrected chi connectivity index (χ4v) is 1.86. The third kappa shape index (κ3) is 4.61. The van der Waals surface area contributed by atoms with Crippen LogP contribution in [0.15, 0.2) is 0 Å². The van der Waals surface area contributed by atoms with Crippen LogP contribution < -0.4 is 11.1 Å². The molecule has 0 bridgehead atoms. The van der Waals surface area contributed by atoms with E-state index in [1.165, 1.54) is 0 Å². The van der Waals surface area contributed by atoms with Gasteiger partial charge < -0.3 is 15.8 Å². The highest BCUT2D eigenvalue weighted by Crippen LogP contribution is 2.25. The van der Waals surface area contributed by atoms with Crippen molar-refractivity contribution in [3.05, 3.63) is 0 Å². The van der Waals surface area contributed by atoms with Gasteiger partial charge in [0.1, 0.15) is 11.1 Å². The molecule has 0 saturated heterocycles. The minimum absolute atomic E-state index is 0.0647. The number of ether oxygens (including phenoxy) is 1. The van der Waals surface area contributed by atoms with Crippen LogP contribution in [0.5, 0.6) is 0 Å². The molecule has 0 aromatic carbocycles. The van der Waals surface area contributed by atoms with Gasteiger partial charge in [0.05, 0.1) is 6.07 Å². The van der Waals surface area contributed by atoms with Crippen LogP contribution in [0.1, 0.15) is 46.5 Å². The van der Waals surface area contributed by atoms with Gasteiger partial charge in [-0.3, -0.25) is 0 Å². The normalized spacial score (nSPS) is 29.2. The standard InChI is InChI=1S/C12H21N3O2/c1-11(2,3)17-10(16)15-9-4-6-12(14,8-13)7-5-9/h9H,4-7,14H2,1-3H3,(H,15,16). The van der Waals surface area contributed by atoms with Crippen molar-refractivity contribution in [2.75, 3.05) is 0 Å². The molecule has 0 heterocycles. The summed E-state index contributed by atoms with van der Waals surface area (Å²) in [5.41, 5.74) is 4.65. The molecule has 5 heteroatoms. The van der Waals surface area contributed by atoms with Crippen LogP contribution >= 0.6 is 0 Å². The number of amides is 1. The monoisotopic (exact) mass is 239 g/mol. The van der Waals surface area contributed by atoms with E-state index in [9.17, 15) is 4.79 Å². The molecule has 1 aliphatic rings. The Kier molecular flexibility index (Phi) is 3.99. The van der Waals surface area contributed by atoms with Gasteiger partial charge in [0.15, 0.2) is 0 Å². The predicted molar refractivity (Wildman–Crippen MR) is 64.2 cm³/mol. The number of carbonyl (C=O) groups excluding carboxylic acids is 1. The van der Waals surface area contributed by atoms with Crippen LogP contribution in [-0.2, 0) is 4.74 Å². The van der Waals surface area contributed by atoms with Gasteiger partial charge in [-0.25, -0.2) is 4.79 Å². The Morgan fingerprint density at radius 1 is 1.47 bits per heavy atom. The summed E-state index contributed by atoms with van der Waals surface area (Å²) >= 11 is 0. The lowest BCUT2D eigenvalue weighted by Gasteiger charge is -2.32. The molecule has 1 rings (SSSR count). The number of hydrogen-bond acceptors (Lipinski definition) is 4. The van der Waals surface area contributed by atoms with E-state index in [2.05, 4.69) is 11.4 Å². The summed E-state index contributed by atoms with van der Waals surface area (Å²) in [6.45, 7) is 5.48. The Balaban J connectivity index is 2.37. The van der Waals surface area contributed by atoms with Gasteiger partial charge >= 0.3 is 6.09 Å². The lowest BCUT2D eigenvalue weighted by molar-refractivity contribution is 0.0488. The van der Waals surface area contributed by atoms with E-state index < -0.39 is 17.2 Å². The minimum atomic E-state index is -0.716.